The number of likely N-dealkylation sites (N-methyl/N-ethyl adjacent to an activating group) is 1. The highest BCUT2D eigenvalue weighted by atomic mass is 32.1. The summed E-state index contributed by atoms with van der Waals surface area (Å²) in [4.78, 5) is 29.3. The number of carbonyl (C=O) groups is 2. The Morgan fingerprint density at radius 1 is 1.48 bits per heavy atom. The van der Waals surface area contributed by atoms with Gasteiger partial charge in [0.25, 0.3) is 5.91 Å². The van der Waals surface area contributed by atoms with Gasteiger partial charge in [0, 0.05) is 24.7 Å². The third-order valence-electron chi connectivity index (χ3n) is 4.06. The molecule has 1 aromatic heterocycles. The molecule has 0 saturated heterocycles. The summed E-state index contributed by atoms with van der Waals surface area (Å²) in [5.41, 5.74) is -0.765. The number of nitrogens with zero attached hydrogens (tertiary/aromatic N) is 3. The first-order chi connectivity index (χ1) is 11.1. The van der Waals surface area contributed by atoms with Crippen LogP contribution >= 0.6 is 11.3 Å². The molecule has 1 aliphatic rings. The first-order valence-corrected chi connectivity index (χ1v) is 8.38. The topological polar surface area (TPSA) is 83.3 Å². The zero-order valence-electron chi connectivity index (χ0n) is 13.0. The molecule has 122 valence electrons. The van der Waals surface area contributed by atoms with E-state index in [9.17, 15) is 14.9 Å². The average Bonchev–Trinajstić information content (AvgIpc) is 3.11. The Kier molecular flexibility index (Phi) is 5.88. The maximum atomic E-state index is 12.2. The second-order valence-corrected chi connectivity index (χ2v) is 6.39. The maximum absolute atomic E-state index is 12.2. The summed E-state index contributed by atoms with van der Waals surface area (Å²) in [7, 11) is 1.61. The van der Waals surface area contributed by atoms with Crippen molar-refractivity contribution in [1.82, 2.24) is 9.88 Å². The number of ether oxygens (including phenoxy) is 1. The summed E-state index contributed by atoms with van der Waals surface area (Å²) in [5.74, 6) is -0.957. The lowest BCUT2D eigenvalue weighted by Gasteiger charge is -2.38. The number of aromatic nitrogens is 1. The lowest BCUT2D eigenvalue weighted by atomic mass is 9.81. The third kappa shape index (κ3) is 4.39. The zero-order valence-corrected chi connectivity index (χ0v) is 13.8. The molecule has 23 heavy (non-hydrogen) atoms. The van der Waals surface area contributed by atoms with Crippen LogP contribution in [0, 0.1) is 11.3 Å². The predicted molar refractivity (Wildman–Crippen MR) is 86.3 cm³/mol. The minimum atomic E-state index is -0.765. The van der Waals surface area contributed by atoms with Crippen molar-refractivity contribution in [3.8, 4) is 6.07 Å². The Labute approximate surface area is 139 Å². The molecule has 0 aliphatic heterocycles. The Balaban J connectivity index is 1.86. The monoisotopic (exact) mass is 333 g/mol. The van der Waals surface area contributed by atoms with E-state index in [4.69, 9.17) is 4.74 Å². The molecule has 6 nitrogen and oxygen atoms in total. The van der Waals surface area contributed by atoms with E-state index in [2.05, 4.69) is 11.1 Å². The highest BCUT2D eigenvalue weighted by Crippen LogP contribution is 2.32. The molecule has 1 aliphatic carbocycles. The van der Waals surface area contributed by atoms with Crippen LogP contribution in [0.5, 0.6) is 0 Å². The maximum Gasteiger partial charge on any atom is 0.331 e. The van der Waals surface area contributed by atoms with Gasteiger partial charge in [-0.2, -0.15) is 5.26 Å². The largest absolute Gasteiger partial charge is 0.452 e. The quantitative estimate of drug-likeness (QED) is 0.610. The molecule has 0 unspecified atom stereocenters. The van der Waals surface area contributed by atoms with Crippen LogP contribution in [0.25, 0.3) is 6.08 Å². The fraction of sp³-hybridized carbons (Fsp3) is 0.500. The smallest absolute Gasteiger partial charge is 0.331 e. The number of hydrogen-bond acceptors (Lipinski definition) is 6. The van der Waals surface area contributed by atoms with E-state index in [1.165, 1.54) is 22.3 Å². The molecule has 1 aromatic rings. The summed E-state index contributed by atoms with van der Waals surface area (Å²) in [6.45, 7) is -0.360. The van der Waals surface area contributed by atoms with Gasteiger partial charge in [-0.15, -0.1) is 11.3 Å². The molecule has 1 amide bonds. The fourth-order valence-corrected chi connectivity index (χ4v) is 3.16. The Hall–Kier alpha value is -2.20. The van der Waals surface area contributed by atoms with Crippen LogP contribution in [0.3, 0.4) is 0 Å². The zero-order chi connectivity index (χ0) is 16.7. The number of amides is 1. The van der Waals surface area contributed by atoms with Crippen LogP contribution in [0.4, 0.5) is 0 Å². The van der Waals surface area contributed by atoms with E-state index in [-0.39, 0.29) is 12.5 Å². The van der Waals surface area contributed by atoms with Gasteiger partial charge >= 0.3 is 5.97 Å². The van der Waals surface area contributed by atoms with Crippen LogP contribution in [-0.2, 0) is 14.3 Å². The number of nitriles is 1. The van der Waals surface area contributed by atoms with E-state index < -0.39 is 11.5 Å². The van der Waals surface area contributed by atoms with Gasteiger partial charge in [-0.05, 0) is 18.9 Å². The van der Waals surface area contributed by atoms with Crippen molar-refractivity contribution in [2.75, 3.05) is 13.7 Å². The van der Waals surface area contributed by atoms with Gasteiger partial charge in [0.1, 0.15) is 10.5 Å². The standard InChI is InChI=1S/C16H19N3O3S/c1-19(16(12-17)7-3-2-4-8-16)14(20)11-22-15(21)6-5-13-18-9-10-23-13/h5-6,9-10H,2-4,7-8,11H2,1H3/b6-5+. The molecule has 0 atom stereocenters. The molecule has 0 aromatic carbocycles. The number of esters is 1. The Bertz CT molecular complexity index is 613. The molecule has 0 bridgehead atoms. The minimum Gasteiger partial charge on any atom is -0.452 e. The van der Waals surface area contributed by atoms with Crippen LogP contribution < -0.4 is 0 Å². The van der Waals surface area contributed by atoms with E-state index >= 15 is 0 Å². The SMILES string of the molecule is CN(C(=O)COC(=O)/C=C/c1nccs1)C1(C#N)CCCCC1. The van der Waals surface area contributed by atoms with Gasteiger partial charge in [0.05, 0.1) is 6.07 Å². The van der Waals surface area contributed by atoms with Crippen molar-refractivity contribution in [3.63, 3.8) is 0 Å². The van der Waals surface area contributed by atoms with E-state index in [1.54, 1.807) is 24.7 Å². The molecular weight excluding hydrogens is 314 g/mol. The average molecular weight is 333 g/mol. The summed E-state index contributed by atoms with van der Waals surface area (Å²) in [6, 6.07) is 2.27. The predicted octanol–water partition coefficient (Wildman–Crippen LogP) is 2.38. The highest BCUT2D eigenvalue weighted by molar-refractivity contribution is 7.10. The highest BCUT2D eigenvalue weighted by Gasteiger charge is 2.38. The summed E-state index contributed by atoms with van der Waals surface area (Å²) >= 11 is 1.40. The van der Waals surface area contributed by atoms with Gasteiger partial charge in [-0.3, -0.25) is 4.79 Å². The van der Waals surface area contributed by atoms with Crippen molar-refractivity contribution in [2.45, 2.75) is 37.6 Å². The minimum absolute atomic E-state index is 0.357. The van der Waals surface area contributed by atoms with Crippen LogP contribution in [-0.4, -0.2) is 41.0 Å². The van der Waals surface area contributed by atoms with E-state index in [1.807, 2.05) is 0 Å². The third-order valence-corrected chi connectivity index (χ3v) is 4.80. The Morgan fingerprint density at radius 2 is 2.22 bits per heavy atom. The van der Waals surface area contributed by atoms with Gasteiger partial charge < -0.3 is 9.64 Å². The molecule has 2 rings (SSSR count). The lowest BCUT2D eigenvalue weighted by molar-refractivity contribution is -0.150. The number of hydrogen-bond donors (Lipinski definition) is 0. The number of rotatable bonds is 5. The molecular formula is C16H19N3O3S. The van der Waals surface area contributed by atoms with Crippen molar-refractivity contribution < 1.29 is 14.3 Å². The normalized spacial score (nSPS) is 16.7. The molecule has 0 spiro atoms. The van der Waals surface area contributed by atoms with Crippen LogP contribution in [0.2, 0.25) is 0 Å². The summed E-state index contributed by atoms with van der Waals surface area (Å²) in [5, 5.41) is 12.0. The first-order valence-electron chi connectivity index (χ1n) is 7.50. The van der Waals surface area contributed by atoms with Gasteiger partial charge in [0.2, 0.25) is 0 Å². The molecule has 1 heterocycles. The lowest BCUT2D eigenvalue weighted by Crippen LogP contribution is -2.51. The van der Waals surface area contributed by atoms with Gasteiger partial charge in [-0.1, -0.05) is 19.3 Å². The molecule has 1 saturated carbocycles. The van der Waals surface area contributed by atoms with Gasteiger partial charge in [-0.25, -0.2) is 9.78 Å². The molecule has 0 N–H and O–H groups in total. The van der Waals surface area contributed by atoms with Crippen molar-refractivity contribution in [3.05, 3.63) is 22.7 Å². The fourth-order valence-electron chi connectivity index (χ4n) is 2.63. The second kappa shape index (κ2) is 7.88. The number of carbonyl (C=O) groups excluding carboxylic acids is 2. The second-order valence-electron chi connectivity index (χ2n) is 5.47. The number of thiazole rings is 1. The molecule has 0 radical (unpaired) electrons. The van der Waals surface area contributed by atoms with Crippen LogP contribution in [0.1, 0.15) is 37.1 Å². The first kappa shape index (κ1) is 17.2. The van der Waals surface area contributed by atoms with Crippen LogP contribution in [0.15, 0.2) is 17.7 Å². The Morgan fingerprint density at radius 3 is 2.83 bits per heavy atom. The van der Waals surface area contributed by atoms with E-state index in [0.717, 1.165) is 19.3 Å². The van der Waals surface area contributed by atoms with Crippen molar-refractivity contribution in [1.29, 1.82) is 5.26 Å². The summed E-state index contributed by atoms with van der Waals surface area (Å²) < 4.78 is 4.95. The van der Waals surface area contributed by atoms with Crippen molar-refractivity contribution >= 4 is 29.3 Å². The van der Waals surface area contributed by atoms with Crippen molar-refractivity contribution in [2.24, 2.45) is 0 Å². The van der Waals surface area contributed by atoms with E-state index in [0.29, 0.717) is 17.8 Å². The molecule has 1 fully saturated rings. The summed E-state index contributed by atoms with van der Waals surface area (Å²) in [6.07, 6.45) is 8.71. The van der Waals surface area contributed by atoms with Gasteiger partial charge in [0.15, 0.2) is 6.61 Å². The molecule has 7 heteroatoms.